The van der Waals surface area contributed by atoms with E-state index in [1.165, 1.54) is 25.8 Å². The van der Waals surface area contributed by atoms with E-state index < -0.39 is 6.48 Å². The van der Waals surface area contributed by atoms with Crippen molar-refractivity contribution in [2.75, 3.05) is 13.2 Å². The molecule has 15 heavy (non-hydrogen) atoms. The molecule has 3 radical (unpaired) electrons. The average Bonchev–Trinajstić information content (AvgIpc) is 2.16. The lowest BCUT2D eigenvalue weighted by Gasteiger charge is -2.15. The number of ether oxygens (including phenoxy) is 3. The first-order valence-electron chi connectivity index (χ1n) is 4.26. The minimum absolute atomic E-state index is 0.127. The molecule has 83 valence electrons. The normalized spacial score (nSPS) is 10.9. The second-order valence-corrected chi connectivity index (χ2v) is 3.09. The van der Waals surface area contributed by atoms with Gasteiger partial charge in [0.05, 0.1) is 16.5 Å². The smallest absolute Gasteiger partial charge is 0.316 e. The monoisotopic (exact) mass is 229 g/mol. The Morgan fingerprint density at radius 1 is 1.20 bits per heavy atom. The predicted molar refractivity (Wildman–Crippen MR) is 53.0 cm³/mol. The van der Waals surface area contributed by atoms with Gasteiger partial charge < -0.3 is 14.2 Å². The van der Waals surface area contributed by atoms with Gasteiger partial charge in [-0.2, -0.15) is 0 Å². The van der Waals surface area contributed by atoms with Crippen molar-refractivity contribution < 1.29 is 23.8 Å². The van der Waals surface area contributed by atoms with Gasteiger partial charge in [0, 0.05) is 0 Å². The van der Waals surface area contributed by atoms with Gasteiger partial charge in [-0.25, -0.2) is 0 Å². The minimum atomic E-state index is -1.05. The van der Waals surface area contributed by atoms with Crippen LogP contribution in [0.25, 0.3) is 0 Å². The van der Waals surface area contributed by atoms with Crippen molar-refractivity contribution in [2.45, 2.75) is 20.3 Å². The lowest BCUT2D eigenvalue weighted by molar-refractivity contribution is -0.260. The molecule has 5 nitrogen and oxygen atoms in total. The second-order valence-electron chi connectivity index (χ2n) is 2.75. The molecule has 0 amide bonds. The molecule has 0 bridgehead atoms. The molecule has 0 heterocycles. The van der Waals surface area contributed by atoms with Gasteiger partial charge in [0.15, 0.2) is 11.6 Å². The molecule has 0 aliphatic rings. The van der Waals surface area contributed by atoms with Crippen LogP contribution in [0, 0.1) is 0 Å². The highest BCUT2D eigenvalue weighted by molar-refractivity contribution is 6.16. The van der Waals surface area contributed by atoms with Gasteiger partial charge in [-0.3, -0.25) is 9.59 Å². The van der Waals surface area contributed by atoms with Crippen LogP contribution in [-0.2, 0) is 23.8 Å². The van der Waals surface area contributed by atoms with Crippen molar-refractivity contribution in [3.63, 3.8) is 0 Å². The van der Waals surface area contributed by atoms with Crippen LogP contribution in [0.1, 0.15) is 13.8 Å². The van der Waals surface area contributed by atoms with Crippen LogP contribution in [0.2, 0.25) is 0 Å². The third kappa shape index (κ3) is 9.32. The van der Waals surface area contributed by atoms with Crippen molar-refractivity contribution >= 4 is 21.8 Å². The molecule has 0 aliphatic heterocycles. The molecule has 0 saturated heterocycles. The maximum absolute atomic E-state index is 10.6. The third-order valence-corrected chi connectivity index (χ3v) is 1.24. The highest BCUT2D eigenvalue weighted by Crippen LogP contribution is 1.98. The molecule has 0 aromatic rings. The van der Waals surface area contributed by atoms with Gasteiger partial charge >= 0.3 is 6.48 Å². The lowest BCUT2D eigenvalue weighted by atomic mass is 10.5. The van der Waals surface area contributed by atoms with Gasteiger partial charge in [0.2, 0.25) is 0 Å². The van der Waals surface area contributed by atoms with E-state index >= 15 is 0 Å². The molecule has 0 saturated carbocycles. The van der Waals surface area contributed by atoms with Gasteiger partial charge in [0.25, 0.3) is 0 Å². The van der Waals surface area contributed by atoms with Crippen LogP contribution in [0.5, 0.6) is 0 Å². The summed E-state index contributed by atoms with van der Waals surface area (Å²) in [6.45, 7) is 1.45. The number of hydrogen-bond acceptors (Lipinski definition) is 5. The lowest BCUT2D eigenvalue weighted by Crippen LogP contribution is -2.24. The molecule has 0 aromatic carbocycles. The fraction of sp³-hybridized carbons (Fsp3) is 0.556. The number of Topliss-reactive ketones (excluding diaryl/α,β-unsaturated/α-hetero) is 2. The average molecular weight is 229 g/mol. The fourth-order valence-electron chi connectivity index (χ4n) is 0.601. The van der Waals surface area contributed by atoms with Gasteiger partial charge in [-0.05, 0) is 13.8 Å². The van der Waals surface area contributed by atoms with E-state index in [-0.39, 0.29) is 24.8 Å². The van der Waals surface area contributed by atoms with E-state index in [0.29, 0.717) is 0 Å². The van der Waals surface area contributed by atoms with Crippen LogP contribution in [0.3, 0.4) is 0 Å². The Labute approximate surface area is 91.8 Å². The van der Waals surface area contributed by atoms with Crippen molar-refractivity contribution in [3.05, 3.63) is 12.0 Å². The zero-order valence-corrected chi connectivity index (χ0v) is 9.69. The molecule has 0 spiro atoms. The van der Waals surface area contributed by atoms with Gasteiger partial charge in [-0.15, -0.1) is 0 Å². The van der Waals surface area contributed by atoms with Crippen LogP contribution < -0.4 is 0 Å². The maximum Gasteiger partial charge on any atom is 0.316 e. The Hall–Kier alpha value is -0.983. The largest absolute Gasteiger partial charge is 0.450 e. The maximum atomic E-state index is 10.6. The van der Waals surface area contributed by atoms with E-state index in [1.54, 1.807) is 0 Å². The number of carbonyl (C=O) groups excluding carboxylic acids is 2. The first-order chi connectivity index (χ1) is 7.06. The quantitative estimate of drug-likeness (QED) is 0.336. The molecular weight excluding hydrogens is 216 g/mol. The summed E-state index contributed by atoms with van der Waals surface area (Å²) in [5.74, 6) is -0.310. The molecule has 0 atom stereocenters. The standard InChI is InChI=1S/C9H13O5Si/c1-7(10)5-13-9(12-3-4-15)14-6-8(2)11/h3-4,9H,5-6H2,1-2H3. The molecule has 0 fully saturated rings. The summed E-state index contributed by atoms with van der Waals surface area (Å²) in [7, 11) is 3.03. The summed E-state index contributed by atoms with van der Waals surface area (Å²) in [6, 6.07) is 0. The fourth-order valence-corrected chi connectivity index (χ4v) is 0.679. The Morgan fingerprint density at radius 2 is 1.67 bits per heavy atom. The number of rotatable bonds is 8. The highest BCUT2D eigenvalue weighted by atomic mass is 28.1. The highest BCUT2D eigenvalue weighted by Gasteiger charge is 2.11. The SMILES string of the molecule is CC(=O)COC(OC=C[Si])OCC(C)=O. The topological polar surface area (TPSA) is 61.8 Å². The summed E-state index contributed by atoms with van der Waals surface area (Å²) < 4.78 is 14.8. The summed E-state index contributed by atoms with van der Waals surface area (Å²) in [4.78, 5) is 21.3. The van der Waals surface area contributed by atoms with E-state index in [1.807, 2.05) is 0 Å². The summed E-state index contributed by atoms with van der Waals surface area (Å²) >= 11 is 0. The molecule has 0 aliphatic carbocycles. The molecule has 0 aromatic heterocycles. The molecule has 0 rings (SSSR count). The second kappa shape index (κ2) is 8.34. The van der Waals surface area contributed by atoms with Crippen LogP contribution in [0.15, 0.2) is 12.0 Å². The third-order valence-electron chi connectivity index (χ3n) is 1.10. The number of ketones is 2. The van der Waals surface area contributed by atoms with Crippen molar-refractivity contribution in [1.29, 1.82) is 0 Å². The van der Waals surface area contributed by atoms with Crippen LogP contribution in [-0.4, -0.2) is 41.5 Å². The van der Waals surface area contributed by atoms with Crippen LogP contribution >= 0.6 is 0 Å². The van der Waals surface area contributed by atoms with E-state index in [2.05, 4.69) is 10.2 Å². The minimum Gasteiger partial charge on any atom is -0.450 e. The summed E-state index contributed by atoms with van der Waals surface area (Å²) in [5.41, 5.74) is 1.45. The zero-order chi connectivity index (χ0) is 11.7. The first kappa shape index (κ1) is 14.0. The van der Waals surface area contributed by atoms with E-state index in [0.717, 1.165) is 0 Å². The van der Waals surface area contributed by atoms with Crippen molar-refractivity contribution in [1.82, 2.24) is 0 Å². The van der Waals surface area contributed by atoms with Gasteiger partial charge in [0.1, 0.15) is 13.2 Å². The Kier molecular flexibility index (Phi) is 7.79. The Bertz CT molecular complexity index is 221. The molecule has 0 unspecified atom stereocenters. The van der Waals surface area contributed by atoms with Crippen molar-refractivity contribution in [3.8, 4) is 0 Å². The Morgan fingerprint density at radius 3 is 2.00 bits per heavy atom. The van der Waals surface area contributed by atoms with Gasteiger partial charge in [-0.1, -0.05) is 5.70 Å². The molecule has 6 heteroatoms. The summed E-state index contributed by atoms with van der Waals surface area (Å²) in [6.07, 6.45) is 1.28. The van der Waals surface area contributed by atoms with Crippen LogP contribution in [0.4, 0.5) is 0 Å². The molecule has 0 N–H and O–H groups in total. The zero-order valence-electron chi connectivity index (χ0n) is 8.69. The number of hydrogen-bond donors (Lipinski definition) is 0. The first-order valence-corrected chi connectivity index (χ1v) is 4.83. The Balaban J connectivity index is 3.93. The number of carbonyl (C=O) groups is 2. The van der Waals surface area contributed by atoms with Crippen molar-refractivity contribution in [2.24, 2.45) is 0 Å². The summed E-state index contributed by atoms with van der Waals surface area (Å²) in [5, 5.41) is 0. The molecular formula is C9H13O5Si. The predicted octanol–water partition coefficient (Wildman–Crippen LogP) is 0.137. The van der Waals surface area contributed by atoms with E-state index in [9.17, 15) is 9.59 Å². The van der Waals surface area contributed by atoms with E-state index in [4.69, 9.17) is 14.2 Å².